The molecule has 0 aliphatic heterocycles. The van der Waals surface area contributed by atoms with Gasteiger partial charge in [0.1, 0.15) is 11.6 Å². The fraction of sp³-hybridized carbons (Fsp3) is 0.143. The van der Waals surface area contributed by atoms with Crippen LogP contribution in [0.15, 0.2) is 36.4 Å². The Balaban J connectivity index is 2.34. The van der Waals surface area contributed by atoms with E-state index < -0.39 is 0 Å². The third-order valence-electron chi connectivity index (χ3n) is 2.53. The van der Waals surface area contributed by atoms with E-state index >= 15 is 0 Å². The predicted molar refractivity (Wildman–Crippen MR) is 66.8 cm³/mol. The molecule has 0 aliphatic rings. The first-order valence-electron chi connectivity index (χ1n) is 5.36. The Morgan fingerprint density at radius 1 is 1.00 bits per heavy atom. The van der Waals surface area contributed by atoms with Crippen LogP contribution in [-0.4, -0.2) is 0 Å². The van der Waals surface area contributed by atoms with Crippen molar-refractivity contribution in [2.24, 2.45) is 0 Å². The molecule has 0 fully saturated rings. The van der Waals surface area contributed by atoms with Crippen LogP contribution in [0.2, 0.25) is 0 Å². The van der Waals surface area contributed by atoms with Crippen molar-refractivity contribution in [3.8, 4) is 11.5 Å². The maximum Gasteiger partial charge on any atom is 0.153 e. The van der Waals surface area contributed by atoms with E-state index in [1.54, 1.807) is 0 Å². The summed E-state index contributed by atoms with van der Waals surface area (Å²) in [5.41, 5.74) is 8.30. The molecule has 0 amide bonds. The average Bonchev–Trinajstić information content (AvgIpc) is 2.27. The maximum atomic E-state index is 13.1. The van der Waals surface area contributed by atoms with Crippen molar-refractivity contribution in [3.63, 3.8) is 0 Å². The van der Waals surface area contributed by atoms with Crippen LogP contribution in [0.5, 0.6) is 11.5 Å². The van der Waals surface area contributed by atoms with E-state index in [0.29, 0.717) is 17.2 Å². The molecule has 0 aliphatic carbocycles. The molecule has 0 unspecified atom stereocenters. The standard InChI is InChI=1S/C14H14FNO/c1-9-3-6-13(10(2)7-9)17-14-8-11(15)4-5-12(14)16/h3-8H,16H2,1-2H3. The first-order chi connectivity index (χ1) is 8.06. The average molecular weight is 231 g/mol. The van der Waals surface area contributed by atoms with E-state index in [0.717, 1.165) is 11.1 Å². The first kappa shape index (κ1) is 11.5. The summed E-state index contributed by atoms with van der Waals surface area (Å²) in [7, 11) is 0. The number of nitrogens with two attached hydrogens (primary N) is 1. The molecule has 0 radical (unpaired) electrons. The maximum absolute atomic E-state index is 13.1. The van der Waals surface area contributed by atoms with Crippen LogP contribution in [0.1, 0.15) is 11.1 Å². The van der Waals surface area contributed by atoms with Crippen LogP contribution >= 0.6 is 0 Å². The number of hydrogen-bond donors (Lipinski definition) is 1. The Morgan fingerprint density at radius 3 is 2.47 bits per heavy atom. The van der Waals surface area contributed by atoms with Crippen molar-refractivity contribution in [1.82, 2.24) is 0 Å². The summed E-state index contributed by atoms with van der Waals surface area (Å²) < 4.78 is 18.7. The highest BCUT2D eigenvalue weighted by Gasteiger charge is 2.06. The zero-order chi connectivity index (χ0) is 12.4. The molecule has 3 heteroatoms. The van der Waals surface area contributed by atoms with Crippen LogP contribution in [0, 0.1) is 19.7 Å². The first-order valence-corrected chi connectivity index (χ1v) is 5.36. The van der Waals surface area contributed by atoms with Gasteiger partial charge in [-0.05, 0) is 37.6 Å². The zero-order valence-corrected chi connectivity index (χ0v) is 9.83. The highest BCUT2D eigenvalue weighted by molar-refractivity contribution is 5.54. The number of nitrogen functional groups attached to an aromatic ring is 1. The topological polar surface area (TPSA) is 35.2 Å². The third kappa shape index (κ3) is 2.56. The number of ether oxygens (including phenoxy) is 1. The Hall–Kier alpha value is -2.03. The van der Waals surface area contributed by atoms with Crippen LogP contribution in [0.3, 0.4) is 0 Å². The lowest BCUT2D eigenvalue weighted by Gasteiger charge is -2.11. The summed E-state index contributed by atoms with van der Waals surface area (Å²) in [6.07, 6.45) is 0. The van der Waals surface area contributed by atoms with Gasteiger partial charge >= 0.3 is 0 Å². The lowest BCUT2D eigenvalue weighted by Crippen LogP contribution is -1.94. The Morgan fingerprint density at radius 2 is 1.76 bits per heavy atom. The van der Waals surface area contributed by atoms with Gasteiger partial charge in [-0.25, -0.2) is 4.39 Å². The van der Waals surface area contributed by atoms with Gasteiger partial charge in [0.15, 0.2) is 5.75 Å². The van der Waals surface area contributed by atoms with E-state index in [2.05, 4.69) is 0 Å². The number of hydrogen-bond acceptors (Lipinski definition) is 2. The van der Waals surface area contributed by atoms with Crippen molar-refractivity contribution in [1.29, 1.82) is 0 Å². The van der Waals surface area contributed by atoms with Gasteiger partial charge in [-0.2, -0.15) is 0 Å². The molecule has 88 valence electrons. The van der Waals surface area contributed by atoms with Gasteiger partial charge in [-0.3, -0.25) is 0 Å². The van der Waals surface area contributed by atoms with Crippen LogP contribution in [-0.2, 0) is 0 Å². The molecular formula is C14H14FNO. The molecule has 0 aromatic heterocycles. The number of halogens is 1. The molecule has 0 saturated carbocycles. The van der Waals surface area contributed by atoms with Gasteiger partial charge < -0.3 is 10.5 Å². The SMILES string of the molecule is Cc1ccc(Oc2cc(F)ccc2N)c(C)c1. The Kier molecular flexibility index (Phi) is 3.00. The molecule has 0 bridgehead atoms. The van der Waals surface area contributed by atoms with Crippen molar-refractivity contribution in [2.75, 3.05) is 5.73 Å². The van der Waals surface area contributed by atoms with Crippen molar-refractivity contribution in [2.45, 2.75) is 13.8 Å². The fourth-order valence-corrected chi connectivity index (χ4v) is 1.63. The van der Waals surface area contributed by atoms with Crippen molar-refractivity contribution >= 4 is 5.69 Å². The number of aryl methyl sites for hydroxylation is 2. The Bertz CT molecular complexity index is 552. The largest absolute Gasteiger partial charge is 0.455 e. The molecule has 2 aromatic rings. The number of rotatable bonds is 2. The highest BCUT2D eigenvalue weighted by atomic mass is 19.1. The van der Waals surface area contributed by atoms with Gasteiger partial charge in [0, 0.05) is 6.07 Å². The van der Waals surface area contributed by atoms with E-state index in [-0.39, 0.29) is 5.82 Å². The van der Waals surface area contributed by atoms with Crippen LogP contribution < -0.4 is 10.5 Å². The molecule has 0 atom stereocenters. The van der Waals surface area contributed by atoms with Gasteiger partial charge in [0.05, 0.1) is 5.69 Å². The minimum Gasteiger partial charge on any atom is -0.455 e. The summed E-state index contributed by atoms with van der Waals surface area (Å²) in [4.78, 5) is 0. The summed E-state index contributed by atoms with van der Waals surface area (Å²) in [5, 5.41) is 0. The Labute approximate surface area is 99.8 Å². The van der Waals surface area contributed by atoms with Crippen LogP contribution in [0.25, 0.3) is 0 Å². The van der Waals surface area contributed by atoms with E-state index in [9.17, 15) is 4.39 Å². The van der Waals surface area contributed by atoms with Gasteiger partial charge in [0.2, 0.25) is 0 Å². The van der Waals surface area contributed by atoms with Crippen molar-refractivity contribution in [3.05, 3.63) is 53.3 Å². The summed E-state index contributed by atoms with van der Waals surface area (Å²) in [5.74, 6) is 0.670. The van der Waals surface area contributed by atoms with Crippen LogP contribution in [0.4, 0.5) is 10.1 Å². The smallest absolute Gasteiger partial charge is 0.153 e. The van der Waals surface area contributed by atoms with E-state index in [4.69, 9.17) is 10.5 Å². The second-order valence-corrected chi connectivity index (χ2v) is 4.05. The molecule has 17 heavy (non-hydrogen) atoms. The number of anilines is 1. The van der Waals surface area contributed by atoms with Gasteiger partial charge in [0.25, 0.3) is 0 Å². The van der Waals surface area contributed by atoms with Gasteiger partial charge in [-0.1, -0.05) is 17.7 Å². The fourth-order valence-electron chi connectivity index (χ4n) is 1.63. The second kappa shape index (κ2) is 4.45. The summed E-state index contributed by atoms with van der Waals surface area (Å²) in [6, 6.07) is 9.89. The third-order valence-corrected chi connectivity index (χ3v) is 2.53. The second-order valence-electron chi connectivity index (χ2n) is 4.05. The number of benzene rings is 2. The van der Waals surface area contributed by atoms with E-state index in [1.165, 1.54) is 18.2 Å². The predicted octanol–water partition coefficient (Wildman–Crippen LogP) is 3.82. The molecule has 0 saturated heterocycles. The monoisotopic (exact) mass is 231 g/mol. The highest BCUT2D eigenvalue weighted by Crippen LogP contribution is 2.30. The molecule has 2 aromatic carbocycles. The molecular weight excluding hydrogens is 217 g/mol. The summed E-state index contributed by atoms with van der Waals surface area (Å²) in [6.45, 7) is 3.95. The van der Waals surface area contributed by atoms with E-state index in [1.807, 2.05) is 32.0 Å². The van der Waals surface area contributed by atoms with Crippen molar-refractivity contribution < 1.29 is 9.13 Å². The zero-order valence-electron chi connectivity index (χ0n) is 9.83. The quantitative estimate of drug-likeness (QED) is 0.797. The molecule has 2 rings (SSSR count). The normalized spacial score (nSPS) is 10.3. The molecule has 0 spiro atoms. The lowest BCUT2D eigenvalue weighted by atomic mass is 10.1. The molecule has 2 N–H and O–H groups in total. The minimum absolute atomic E-state index is 0.344. The molecule has 2 nitrogen and oxygen atoms in total. The summed E-state index contributed by atoms with van der Waals surface area (Å²) >= 11 is 0. The molecule has 0 heterocycles. The lowest BCUT2D eigenvalue weighted by molar-refractivity contribution is 0.475. The minimum atomic E-state index is -0.362. The van der Waals surface area contributed by atoms with Gasteiger partial charge in [-0.15, -0.1) is 0 Å².